The van der Waals surface area contributed by atoms with Gasteiger partial charge in [-0.1, -0.05) is 84.2 Å². The van der Waals surface area contributed by atoms with Crippen LogP contribution in [0.5, 0.6) is 23.0 Å². The third-order valence-corrected chi connectivity index (χ3v) is 12.3. The maximum atomic E-state index is 14.4. The van der Waals surface area contributed by atoms with E-state index in [9.17, 15) is 9.59 Å². The quantitative estimate of drug-likeness (QED) is 0.153. The molecule has 0 amide bonds. The lowest BCUT2D eigenvalue weighted by atomic mass is 9.84. The lowest BCUT2D eigenvalue weighted by molar-refractivity contribution is 0.0974. The lowest BCUT2D eigenvalue weighted by Gasteiger charge is -2.21. The number of hydrogen-bond donors (Lipinski definition) is 0. The largest absolute Gasteiger partial charge is 0.457 e. The molecule has 0 saturated carbocycles. The number of rotatable bonds is 8. The predicted octanol–water partition coefficient (Wildman–Crippen LogP) is 11.6. The van der Waals surface area contributed by atoms with Gasteiger partial charge < -0.3 is 9.47 Å². The molecule has 9 rings (SSSR count). The summed E-state index contributed by atoms with van der Waals surface area (Å²) in [6, 6.07) is 41.7. The van der Waals surface area contributed by atoms with Crippen molar-refractivity contribution in [3.63, 3.8) is 0 Å². The number of carbonyl (C=O) groups excluding carboxylic acids is 2. The number of benzene rings is 6. The summed E-state index contributed by atoms with van der Waals surface area (Å²) in [7, 11) is 0. The van der Waals surface area contributed by atoms with Crippen LogP contribution in [0.4, 0.5) is 0 Å². The Balaban J connectivity index is 1.01. The molecule has 6 nitrogen and oxygen atoms in total. The topological polar surface area (TPSA) is 78.4 Å². The highest BCUT2D eigenvalue weighted by molar-refractivity contribution is 8.01. The number of fused-ring (bicyclic) bond motifs is 4. The van der Waals surface area contributed by atoms with Gasteiger partial charge in [0.2, 0.25) is 0 Å². The van der Waals surface area contributed by atoms with Gasteiger partial charge in [-0.15, -0.1) is 22.7 Å². The van der Waals surface area contributed by atoms with E-state index in [1.165, 1.54) is 46.2 Å². The summed E-state index contributed by atoms with van der Waals surface area (Å²) in [5.41, 5.74) is 3.29. The Morgan fingerprint density at radius 3 is 1.38 bits per heavy atom. The molecule has 0 atom stereocenters. The van der Waals surface area contributed by atoms with E-state index in [2.05, 4.69) is 0 Å². The van der Waals surface area contributed by atoms with E-state index in [1.807, 2.05) is 121 Å². The number of carbonyl (C=O) groups is 2. The van der Waals surface area contributed by atoms with Crippen LogP contribution in [-0.2, 0) is 0 Å². The molecule has 0 aliphatic heterocycles. The Bertz CT molecular complexity index is 2420. The number of hydrogen-bond acceptors (Lipinski definition) is 10. The second-order valence-electron chi connectivity index (χ2n) is 11.3. The first-order chi connectivity index (χ1) is 24.6. The van der Waals surface area contributed by atoms with Gasteiger partial charge in [-0.3, -0.25) is 9.59 Å². The van der Waals surface area contributed by atoms with Crippen molar-refractivity contribution in [1.82, 2.24) is 9.97 Å². The Hall–Kier alpha value is -5.26. The summed E-state index contributed by atoms with van der Waals surface area (Å²) in [4.78, 5) is 39.3. The first-order valence-corrected chi connectivity index (χ1v) is 18.8. The van der Waals surface area contributed by atoms with Crippen LogP contribution in [0.25, 0.3) is 20.4 Å². The summed E-state index contributed by atoms with van der Waals surface area (Å²) in [5, 5.41) is 0. The highest BCUT2D eigenvalue weighted by atomic mass is 32.2. The number of ether oxygens (including phenoxy) is 2. The van der Waals surface area contributed by atoms with Crippen LogP contribution in [0, 0.1) is 0 Å². The van der Waals surface area contributed by atoms with E-state index >= 15 is 0 Å². The van der Waals surface area contributed by atoms with Gasteiger partial charge in [-0.2, -0.15) is 0 Å². The van der Waals surface area contributed by atoms with Crippen molar-refractivity contribution in [3.8, 4) is 23.0 Å². The third-order valence-electron chi connectivity index (χ3n) is 8.03. The van der Waals surface area contributed by atoms with Crippen LogP contribution in [-0.4, -0.2) is 21.5 Å². The molecule has 8 aromatic rings. The van der Waals surface area contributed by atoms with Gasteiger partial charge in [-0.25, -0.2) is 9.97 Å². The van der Waals surface area contributed by atoms with Gasteiger partial charge in [-0.05, 0) is 60.7 Å². The molecule has 0 fully saturated rings. The van der Waals surface area contributed by atoms with Crippen LogP contribution >= 0.6 is 46.2 Å². The van der Waals surface area contributed by atoms with Crippen LogP contribution in [0.15, 0.2) is 152 Å². The fraction of sp³-hybridized carbons (Fsp3) is 0. The number of nitrogens with zero attached hydrogens (tertiary/aromatic N) is 2. The predicted molar refractivity (Wildman–Crippen MR) is 200 cm³/mol. The number of para-hydroxylation sites is 2. The second kappa shape index (κ2) is 12.9. The minimum absolute atomic E-state index is 0.168. The molecule has 0 spiro atoms. The van der Waals surface area contributed by atoms with Crippen LogP contribution in [0.2, 0.25) is 0 Å². The summed E-state index contributed by atoms with van der Waals surface area (Å²) < 4.78 is 15.5. The van der Waals surface area contributed by atoms with Crippen molar-refractivity contribution in [2.45, 2.75) is 18.5 Å². The normalized spacial score (nSPS) is 12.2. The smallest absolute Gasteiger partial charge is 0.196 e. The van der Waals surface area contributed by atoms with E-state index in [0.29, 0.717) is 32.0 Å². The lowest BCUT2D eigenvalue weighted by Crippen LogP contribution is -2.22. The molecule has 1 aliphatic carbocycles. The zero-order valence-electron chi connectivity index (χ0n) is 25.9. The molecule has 50 heavy (non-hydrogen) atoms. The number of thiazole rings is 2. The van der Waals surface area contributed by atoms with Crippen molar-refractivity contribution < 1.29 is 19.1 Å². The molecule has 0 radical (unpaired) electrons. The molecule has 0 unspecified atom stereocenters. The van der Waals surface area contributed by atoms with Crippen LogP contribution < -0.4 is 9.47 Å². The molecule has 1 aliphatic rings. The van der Waals surface area contributed by atoms with Gasteiger partial charge in [0.1, 0.15) is 23.0 Å². The molecule has 0 bridgehead atoms. The van der Waals surface area contributed by atoms with Crippen molar-refractivity contribution in [3.05, 3.63) is 156 Å². The molecule has 2 heterocycles. The highest BCUT2D eigenvalue weighted by Gasteiger charge is 2.34. The van der Waals surface area contributed by atoms with E-state index in [-0.39, 0.29) is 11.6 Å². The summed E-state index contributed by atoms with van der Waals surface area (Å²) in [5.74, 6) is 2.61. The van der Waals surface area contributed by atoms with Crippen LogP contribution in [0.1, 0.15) is 31.8 Å². The van der Waals surface area contributed by atoms with Crippen molar-refractivity contribution in [2.75, 3.05) is 0 Å². The minimum atomic E-state index is -0.180. The van der Waals surface area contributed by atoms with Gasteiger partial charge in [0.15, 0.2) is 20.2 Å². The Morgan fingerprint density at radius 2 is 0.920 bits per heavy atom. The third kappa shape index (κ3) is 5.86. The second-order valence-corrected chi connectivity index (χ2v) is 15.9. The summed E-state index contributed by atoms with van der Waals surface area (Å²) >= 11 is 5.83. The van der Waals surface area contributed by atoms with Gasteiger partial charge in [0.05, 0.1) is 20.4 Å². The first-order valence-electron chi connectivity index (χ1n) is 15.5. The summed E-state index contributed by atoms with van der Waals surface area (Å²) in [6.07, 6.45) is 0. The standard InChI is InChI=1S/C40H22N2O4S4/c43-37-27-13-7-15-31(47-39-41-29-19-17-25(21-33(29)49-39)45-23-9-3-1-4-10-23)35(27)38(44)36-28(37)14-8-16-32(36)48-40-42-30-20-18-26(22-34(30)50-40)46-24-11-5-2-6-12-24/h1-22H. The zero-order valence-corrected chi connectivity index (χ0v) is 29.1. The minimum Gasteiger partial charge on any atom is -0.457 e. The molecule has 240 valence electrons. The number of ketones is 2. The highest BCUT2D eigenvalue weighted by Crippen LogP contribution is 2.44. The molecule has 0 N–H and O–H groups in total. The van der Waals surface area contributed by atoms with E-state index < -0.39 is 0 Å². The molecule has 2 aromatic heterocycles. The van der Waals surface area contributed by atoms with Crippen molar-refractivity contribution >= 4 is 78.2 Å². The fourth-order valence-corrected chi connectivity index (χ4v) is 10.2. The van der Waals surface area contributed by atoms with Crippen LogP contribution in [0.3, 0.4) is 0 Å². The van der Waals surface area contributed by atoms with Crippen molar-refractivity contribution in [1.29, 1.82) is 0 Å². The molecular formula is C40H22N2O4S4. The van der Waals surface area contributed by atoms with Crippen molar-refractivity contribution in [2.24, 2.45) is 0 Å². The van der Waals surface area contributed by atoms with Gasteiger partial charge in [0, 0.05) is 44.2 Å². The maximum Gasteiger partial charge on any atom is 0.196 e. The average molecular weight is 723 g/mol. The average Bonchev–Trinajstić information content (AvgIpc) is 3.73. The van der Waals surface area contributed by atoms with E-state index in [4.69, 9.17) is 19.4 Å². The Kier molecular flexibility index (Phi) is 7.93. The van der Waals surface area contributed by atoms with E-state index in [0.717, 1.165) is 52.1 Å². The van der Waals surface area contributed by atoms with Gasteiger partial charge >= 0.3 is 0 Å². The SMILES string of the molecule is O=C1c2cccc(Sc3nc4ccc(Oc5ccccc5)cc4s3)c2C(=O)c2c(Sc3nc4ccc(Oc5ccccc5)cc4s3)cccc21. The number of aromatic nitrogens is 2. The molecule has 0 saturated heterocycles. The summed E-state index contributed by atoms with van der Waals surface area (Å²) in [6.45, 7) is 0. The monoisotopic (exact) mass is 722 g/mol. The van der Waals surface area contributed by atoms with Gasteiger partial charge in [0.25, 0.3) is 0 Å². The maximum absolute atomic E-state index is 14.4. The fourth-order valence-electron chi connectivity index (χ4n) is 5.77. The first kappa shape index (κ1) is 30.8. The zero-order chi connectivity index (χ0) is 33.6. The Labute approximate surface area is 302 Å². The van der Waals surface area contributed by atoms with E-state index in [1.54, 1.807) is 12.1 Å². The molecular weight excluding hydrogens is 701 g/mol. The molecule has 6 aromatic carbocycles. The molecule has 10 heteroatoms. The Morgan fingerprint density at radius 1 is 0.460 bits per heavy atom.